The number of carbonyl (C=O) groups is 1. The summed E-state index contributed by atoms with van der Waals surface area (Å²) in [5.41, 5.74) is 5.34. The van der Waals surface area contributed by atoms with E-state index >= 15 is 0 Å². The highest BCUT2D eigenvalue weighted by atomic mass is 32.2. The summed E-state index contributed by atoms with van der Waals surface area (Å²) in [5, 5.41) is 27.9. The molecule has 0 radical (unpaired) electrons. The monoisotopic (exact) mass is 622 g/mol. The number of benzene rings is 3. The van der Waals surface area contributed by atoms with Crippen molar-refractivity contribution in [3.8, 4) is 11.5 Å². The molecule has 0 aliphatic carbocycles. The van der Waals surface area contributed by atoms with E-state index in [4.69, 9.17) is 8.92 Å². The van der Waals surface area contributed by atoms with Crippen molar-refractivity contribution < 1.29 is 32.3 Å². The first kappa shape index (κ1) is 31.4. The minimum Gasteiger partial charge on any atom is -0.508 e. The molecule has 2 heterocycles. The maximum Gasteiger partial charge on any atom is 0.385 e. The fourth-order valence-corrected chi connectivity index (χ4v) is 7.06. The van der Waals surface area contributed by atoms with Crippen LogP contribution in [0.3, 0.4) is 0 Å². The Balaban J connectivity index is 1.57. The third-order valence-electron chi connectivity index (χ3n) is 8.46. The summed E-state index contributed by atoms with van der Waals surface area (Å²) in [6.45, 7) is 8.36. The van der Waals surface area contributed by atoms with Crippen molar-refractivity contribution in [2.45, 2.75) is 66.1 Å². The zero-order chi connectivity index (χ0) is 31.8. The van der Waals surface area contributed by atoms with Gasteiger partial charge in [-0.3, -0.25) is 4.79 Å². The van der Waals surface area contributed by atoms with E-state index in [0.29, 0.717) is 18.5 Å². The number of aromatic hydroxyl groups is 1. The third kappa shape index (κ3) is 5.89. The number of rotatable bonds is 10. The Morgan fingerprint density at radius 1 is 1.11 bits per heavy atom. The Morgan fingerprint density at radius 2 is 1.89 bits per heavy atom. The lowest BCUT2D eigenvalue weighted by molar-refractivity contribution is -0.151. The van der Waals surface area contributed by atoms with Gasteiger partial charge < -0.3 is 19.1 Å². The van der Waals surface area contributed by atoms with Crippen LogP contribution in [0.4, 0.5) is 0 Å². The number of phenols is 1. The largest absolute Gasteiger partial charge is 0.508 e. The topological polar surface area (TPSA) is 144 Å². The van der Waals surface area contributed by atoms with Crippen molar-refractivity contribution in [2.24, 2.45) is 5.41 Å². The number of unbranched alkanes of at least 4 members (excludes halogenated alkanes) is 1. The molecule has 12 heteroatoms. The molecule has 44 heavy (non-hydrogen) atoms. The van der Waals surface area contributed by atoms with E-state index in [0.717, 1.165) is 45.3 Å². The van der Waals surface area contributed by atoms with Crippen molar-refractivity contribution in [1.82, 2.24) is 19.3 Å². The number of fused-ring (bicyclic) bond motifs is 2. The number of aliphatic hydroxyl groups excluding tert-OH is 1. The summed E-state index contributed by atoms with van der Waals surface area (Å²) in [4.78, 5) is 13.2. The third-order valence-corrected chi connectivity index (χ3v) is 9.74. The lowest BCUT2D eigenvalue weighted by Gasteiger charge is -2.34. The molecule has 0 spiro atoms. The Kier molecular flexibility index (Phi) is 8.70. The van der Waals surface area contributed by atoms with Gasteiger partial charge in [0.25, 0.3) is 0 Å². The van der Waals surface area contributed by atoms with Gasteiger partial charge in [0.15, 0.2) is 0 Å². The average molecular weight is 623 g/mol. The summed E-state index contributed by atoms with van der Waals surface area (Å²) in [6.07, 6.45) is 1.44. The summed E-state index contributed by atoms with van der Waals surface area (Å²) in [6, 6.07) is 14.1. The highest BCUT2D eigenvalue weighted by molar-refractivity contribution is 7.84. The van der Waals surface area contributed by atoms with Crippen LogP contribution in [0.2, 0.25) is 0 Å². The van der Waals surface area contributed by atoms with Crippen LogP contribution in [0.1, 0.15) is 66.0 Å². The number of hydrogen-bond donors (Lipinski definition) is 2. The number of nitrogens with zero attached hydrogens (tertiary/aromatic N) is 4. The molecule has 11 nitrogen and oxygen atoms in total. The number of methoxy groups -OCH3 is 1. The van der Waals surface area contributed by atoms with Crippen LogP contribution in [-0.2, 0) is 39.5 Å². The van der Waals surface area contributed by atoms with E-state index in [1.54, 1.807) is 0 Å². The molecule has 0 bridgehead atoms. The predicted octanol–water partition coefficient (Wildman–Crippen LogP) is 4.50. The predicted molar refractivity (Wildman–Crippen MR) is 164 cm³/mol. The van der Waals surface area contributed by atoms with Crippen LogP contribution in [0.25, 0.3) is 11.0 Å². The molecule has 0 saturated carbocycles. The normalized spacial score (nSPS) is 15.5. The van der Waals surface area contributed by atoms with E-state index in [-0.39, 0.29) is 37.2 Å². The highest BCUT2D eigenvalue weighted by Crippen LogP contribution is 2.45. The Bertz CT molecular complexity index is 1820. The van der Waals surface area contributed by atoms with Crippen LogP contribution in [0.5, 0.6) is 11.5 Å². The molecule has 0 saturated heterocycles. The SMILES string of the molecule is COC(=O)C(C)(C)C(c1ccc(C)c(CN2Cc3cc(O)ccc3OS2(=O)=O)c1)c1ccc2c(nnn2CCCCO)c1C. The molecule has 5 rings (SSSR count). The van der Waals surface area contributed by atoms with Gasteiger partial charge in [-0.05, 0) is 92.6 Å². The van der Waals surface area contributed by atoms with E-state index in [1.165, 1.54) is 29.6 Å². The average Bonchev–Trinajstić information content (AvgIpc) is 3.39. The first-order chi connectivity index (χ1) is 20.9. The van der Waals surface area contributed by atoms with Crippen molar-refractivity contribution >= 4 is 27.3 Å². The summed E-state index contributed by atoms with van der Waals surface area (Å²) >= 11 is 0. The van der Waals surface area contributed by atoms with Crippen molar-refractivity contribution in [1.29, 1.82) is 0 Å². The maximum absolute atomic E-state index is 13.2. The molecule has 4 aromatic rings. The Labute approximate surface area is 257 Å². The van der Waals surface area contributed by atoms with E-state index in [9.17, 15) is 23.4 Å². The second kappa shape index (κ2) is 12.2. The van der Waals surface area contributed by atoms with Gasteiger partial charge in [0, 0.05) is 37.7 Å². The number of aliphatic hydroxyl groups is 1. The molecule has 234 valence electrons. The molecule has 2 N–H and O–H groups in total. The van der Waals surface area contributed by atoms with Crippen molar-refractivity contribution in [2.75, 3.05) is 13.7 Å². The molecule has 1 aromatic heterocycles. The number of hydrogen-bond acceptors (Lipinski definition) is 9. The zero-order valence-electron chi connectivity index (χ0n) is 25.6. The van der Waals surface area contributed by atoms with Gasteiger partial charge in [0.1, 0.15) is 17.0 Å². The standard InChI is InChI=1S/C32H38N4O7S/c1-20-8-9-22(16-23(20)18-35-19-24-17-25(38)10-13-28(24)43-44(35,40)41)29(32(3,4)31(39)42-5)26-11-12-27-30(21(26)2)33-34-36(27)14-6-7-15-37/h8-13,16-17,29,37-38H,6-7,14-15,18-19H2,1-5H3. The number of ether oxygens (including phenoxy) is 1. The molecular weight excluding hydrogens is 584 g/mol. The van der Waals surface area contributed by atoms with Crippen LogP contribution in [0.15, 0.2) is 48.5 Å². The van der Waals surface area contributed by atoms with Crippen LogP contribution in [-0.4, -0.2) is 57.6 Å². The Morgan fingerprint density at radius 3 is 2.61 bits per heavy atom. The fourth-order valence-electron chi connectivity index (χ4n) is 5.97. The summed E-state index contributed by atoms with van der Waals surface area (Å²) in [5.74, 6) is -0.638. The quantitative estimate of drug-likeness (QED) is 0.193. The van der Waals surface area contributed by atoms with Gasteiger partial charge in [0.2, 0.25) is 0 Å². The van der Waals surface area contributed by atoms with Gasteiger partial charge >= 0.3 is 16.3 Å². The molecular formula is C32H38N4O7S. The van der Waals surface area contributed by atoms with E-state index in [2.05, 4.69) is 10.3 Å². The summed E-state index contributed by atoms with van der Waals surface area (Å²) in [7, 11) is -2.72. The number of aryl methyl sites for hydroxylation is 3. The number of carbonyl (C=O) groups excluding carboxylic acids is 1. The minimum absolute atomic E-state index is 0.0233. The fraction of sp³-hybridized carbons (Fsp3) is 0.406. The summed E-state index contributed by atoms with van der Waals surface area (Å²) < 4.78 is 39.8. The molecule has 0 amide bonds. The lowest BCUT2D eigenvalue weighted by atomic mass is 9.69. The molecule has 3 aromatic carbocycles. The maximum atomic E-state index is 13.2. The Hall–Kier alpha value is -4.00. The second-order valence-corrected chi connectivity index (χ2v) is 13.4. The zero-order valence-corrected chi connectivity index (χ0v) is 26.4. The van der Waals surface area contributed by atoms with E-state index in [1.807, 2.05) is 62.7 Å². The van der Waals surface area contributed by atoms with Gasteiger partial charge in [0.05, 0.1) is 18.0 Å². The van der Waals surface area contributed by atoms with Gasteiger partial charge in [-0.15, -0.1) is 5.10 Å². The van der Waals surface area contributed by atoms with Crippen LogP contribution < -0.4 is 4.18 Å². The molecule has 1 aliphatic heterocycles. The number of phenolic OH excluding ortho intramolecular Hbond substituents is 1. The van der Waals surface area contributed by atoms with Crippen LogP contribution in [0, 0.1) is 19.3 Å². The lowest BCUT2D eigenvalue weighted by Crippen LogP contribution is -2.37. The highest BCUT2D eigenvalue weighted by Gasteiger charge is 2.41. The van der Waals surface area contributed by atoms with Crippen molar-refractivity contribution in [3.05, 3.63) is 81.9 Å². The van der Waals surface area contributed by atoms with Gasteiger partial charge in [-0.2, -0.15) is 12.7 Å². The number of aromatic nitrogens is 3. The first-order valence-corrected chi connectivity index (χ1v) is 15.9. The molecule has 0 fully saturated rings. The minimum atomic E-state index is -4.09. The molecule has 1 atom stereocenters. The first-order valence-electron chi connectivity index (χ1n) is 14.5. The smallest absolute Gasteiger partial charge is 0.385 e. The van der Waals surface area contributed by atoms with Crippen molar-refractivity contribution in [3.63, 3.8) is 0 Å². The van der Waals surface area contributed by atoms with Gasteiger partial charge in [-0.25, -0.2) is 4.68 Å². The second-order valence-electron chi connectivity index (χ2n) is 11.8. The number of esters is 1. The molecule has 1 unspecified atom stereocenters. The van der Waals surface area contributed by atoms with Crippen LogP contribution >= 0.6 is 0 Å². The van der Waals surface area contributed by atoms with E-state index < -0.39 is 21.6 Å². The molecule has 1 aliphatic rings. The van der Waals surface area contributed by atoms with Gasteiger partial charge in [-0.1, -0.05) is 29.5 Å².